The third kappa shape index (κ3) is 10.6. The molecule has 2 nitrogen and oxygen atoms in total. The molecular formula is C15H32O2Sn. The number of unbranched alkanes of at least 4 members (excludes halogenated alkanes) is 2. The van der Waals surface area contributed by atoms with Crippen LogP contribution in [0.15, 0.2) is 0 Å². The van der Waals surface area contributed by atoms with Gasteiger partial charge in [0.05, 0.1) is 6.10 Å². The predicted molar refractivity (Wildman–Crippen MR) is 80.2 cm³/mol. The Balaban J connectivity index is 0.000000321. The van der Waals surface area contributed by atoms with E-state index < -0.39 is 0 Å². The maximum atomic E-state index is 9.21. The Hall–Kier alpha value is 0.719. The van der Waals surface area contributed by atoms with Crippen LogP contribution < -0.4 is 0 Å². The summed E-state index contributed by atoms with van der Waals surface area (Å²) in [5, 5.41) is 17.9. The molecule has 0 amide bonds. The predicted octanol–water partition coefficient (Wildman–Crippen LogP) is 3.66. The van der Waals surface area contributed by atoms with Crippen LogP contribution in [0.25, 0.3) is 0 Å². The van der Waals surface area contributed by atoms with Crippen LogP contribution in [0.4, 0.5) is 0 Å². The molecule has 1 aliphatic rings. The quantitative estimate of drug-likeness (QED) is 0.536. The second kappa shape index (κ2) is 14.1. The van der Waals surface area contributed by atoms with Gasteiger partial charge in [0.1, 0.15) is 0 Å². The molecule has 1 aliphatic carbocycles. The van der Waals surface area contributed by atoms with Crippen molar-refractivity contribution in [2.75, 3.05) is 6.61 Å². The molecule has 1 fully saturated rings. The van der Waals surface area contributed by atoms with E-state index in [4.69, 9.17) is 5.11 Å². The molecule has 2 N–H and O–H groups in total. The minimum Gasteiger partial charge on any atom is -0.396 e. The second-order valence-corrected chi connectivity index (χ2v) is 9.53. The fraction of sp³-hybridized carbons (Fsp3) is 1.00. The minimum atomic E-state index is -0.233. The van der Waals surface area contributed by atoms with Crippen molar-refractivity contribution in [3.8, 4) is 0 Å². The van der Waals surface area contributed by atoms with E-state index in [2.05, 4.69) is 13.8 Å². The van der Waals surface area contributed by atoms with E-state index in [0.29, 0.717) is 0 Å². The van der Waals surface area contributed by atoms with Crippen LogP contribution in [0.1, 0.15) is 65.2 Å². The summed E-state index contributed by atoms with van der Waals surface area (Å²) < 4.78 is 3.25. The summed E-state index contributed by atoms with van der Waals surface area (Å²) in [6, 6.07) is 0. The van der Waals surface area contributed by atoms with Crippen LogP contribution in [0.5, 0.6) is 0 Å². The van der Waals surface area contributed by atoms with E-state index in [-0.39, 0.29) is 39.8 Å². The van der Waals surface area contributed by atoms with E-state index in [1.165, 1.54) is 32.1 Å². The summed E-state index contributed by atoms with van der Waals surface area (Å²) >= 11 is 0.149. The van der Waals surface area contributed by atoms with Gasteiger partial charge in [0.25, 0.3) is 0 Å². The van der Waals surface area contributed by atoms with Gasteiger partial charge in [-0.1, -0.05) is 12.8 Å². The zero-order valence-corrected chi connectivity index (χ0v) is 15.2. The van der Waals surface area contributed by atoms with E-state index in [1.807, 2.05) is 0 Å². The Bertz CT molecular complexity index is 159. The molecule has 0 heterocycles. The first-order valence-corrected chi connectivity index (χ1v) is 11.8. The van der Waals surface area contributed by atoms with Crippen molar-refractivity contribution in [2.45, 2.75) is 80.2 Å². The zero-order valence-electron chi connectivity index (χ0n) is 12.3. The molecule has 0 unspecified atom stereocenters. The van der Waals surface area contributed by atoms with Gasteiger partial charge in [0, 0.05) is 12.5 Å². The maximum absolute atomic E-state index is 9.21. The van der Waals surface area contributed by atoms with Crippen molar-refractivity contribution in [3.63, 3.8) is 0 Å². The summed E-state index contributed by atoms with van der Waals surface area (Å²) in [7, 11) is 0. The number of aliphatic hydroxyl groups excluding tert-OH is 2. The number of hydrogen-bond acceptors (Lipinski definition) is 2. The molecule has 0 bridgehead atoms. The molecule has 3 heteroatoms. The van der Waals surface area contributed by atoms with Gasteiger partial charge in [-0.3, -0.25) is 0 Å². The van der Waals surface area contributed by atoms with E-state index in [0.717, 1.165) is 19.3 Å². The molecule has 0 aromatic carbocycles. The zero-order chi connectivity index (χ0) is 13.6. The summed E-state index contributed by atoms with van der Waals surface area (Å²) in [5.41, 5.74) is 0. The first kappa shape index (κ1) is 18.7. The topological polar surface area (TPSA) is 40.5 Å². The molecule has 0 aliphatic heterocycles. The smallest absolute Gasteiger partial charge is 0.0590 e. The maximum Gasteiger partial charge on any atom is 0.0590 e. The van der Waals surface area contributed by atoms with Crippen LogP contribution in [0, 0.1) is 5.92 Å². The third-order valence-electron chi connectivity index (χ3n) is 3.52. The Labute approximate surface area is 124 Å². The monoisotopic (exact) mass is 364 g/mol. The molecule has 0 aromatic rings. The molecular weight excluding hydrogens is 331 g/mol. The molecule has 2 radical (unpaired) electrons. The third-order valence-corrected chi connectivity index (χ3v) is 7.55. The fourth-order valence-electron chi connectivity index (χ4n) is 2.13. The Morgan fingerprint density at radius 2 is 1.56 bits per heavy atom. The molecule has 108 valence electrons. The molecule has 2 atom stereocenters. The van der Waals surface area contributed by atoms with Gasteiger partial charge < -0.3 is 10.2 Å². The first-order chi connectivity index (χ1) is 8.76. The Morgan fingerprint density at radius 1 is 1.00 bits per heavy atom. The number of aliphatic hydroxyl groups is 2. The van der Waals surface area contributed by atoms with Gasteiger partial charge >= 0.3 is 69.5 Å². The number of hydrogen-bond donors (Lipinski definition) is 2. The molecule has 0 spiro atoms. The SMILES string of the molecule is CCC[CH2][Sn][CH2]CCC.OC[C@@H]1CCCC[C@H]1O. The van der Waals surface area contributed by atoms with Crippen LogP contribution in [0.3, 0.4) is 0 Å². The van der Waals surface area contributed by atoms with E-state index in [1.54, 1.807) is 8.87 Å². The summed E-state index contributed by atoms with van der Waals surface area (Å²) in [5.74, 6) is 0.166. The normalized spacial score (nSPS) is 23.3. The standard InChI is InChI=1S/C7H14O2.2C4H9.Sn/c8-5-6-3-1-2-4-7(6)9;2*1-3-4-2;/h6-9H,1-5H2;2*1,3-4H2,2H3;/t6-,7+;;;/m0.../s1. The average molecular weight is 363 g/mol. The van der Waals surface area contributed by atoms with Crippen molar-refractivity contribution in [3.05, 3.63) is 0 Å². The largest absolute Gasteiger partial charge is 0.396 e. The van der Waals surface area contributed by atoms with Crippen molar-refractivity contribution >= 4 is 21.1 Å². The number of rotatable bonds is 7. The van der Waals surface area contributed by atoms with Gasteiger partial charge in [-0.15, -0.1) is 0 Å². The van der Waals surface area contributed by atoms with E-state index in [9.17, 15) is 5.11 Å². The van der Waals surface area contributed by atoms with Gasteiger partial charge in [-0.25, -0.2) is 0 Å². The van der Waals surface area contributed by atoms with Gasteiger partial charge in [-0.05, 0) is 12.8 Å². The van der Waals surface area contributed by atoms with Crippen LogP contribution in [-0.4, -0.2) is 44.1 Å². The van der Waals surface area contributed by atoms with Gasteiger partial charge in [0.2, 0.25) is 0 Å². The van der Waals surface area contributed by atoms with Crippen molar-refractivity contribution in [2.24, 2.45) is 5.92 Å². The molecule has 0 aromatic heterocycles. The summed E-state index contributed by atoms with van der Waals surface area (Å²) in [6.45, 7) is 4.74. The molecule has 1 rings (SSSR count). The first-order valence-electron chi connectivity index (χ1n) is 7.75. The van der Waals surface area contributed by atoms with Gasteiger partial charge in [0.15, 0.2) is 0 Å². The average Bonchev–Trinajstić information content (AvgIpc) is 2.40. The van der Waals surface area contributed by atoms with Crippen LogP contribution in [-0.2, 0) is 0 Å². The minimum absolute atomic E-state index is 0.149. The summed E-state index contributed by atoms with van der Waals surface area (Å²) in [6.07, 6.45) is 9.78. The molecule has 0 saturated heterocycles. The Kier molecular flexibility index (Phi) is 14.7. The van der Waals surface area contributed by atoms with Crippen molar-refractivity contribution in [1.82, 2.24) is 0 Å². The van der Waals surface area contributed by atoms with Crippen LogP contribution in [0.2, 0.25) is 8.87 Å². The Morgan fingerprint density at radius 3 is 1.94 bits per heavy atom. The summed E-state index contributed by atoms with van der Waals surface area (Å²) in [4.78, 5) is 0. The van der Waals surface area contributed by atoms with Crippen LogP contribution >= 0.6 is 0 Å². The fourth-order valence-corrected chi connectivity index (χ4v) is 6.29. The van der Waals surface area contributed by atoms with Gasteiger partial charge in [-0.2, -0.15) is 0 Å². The molecule has 1 saturated carbocycles. The molecule has 18 heavy (non-hydrogen) atoms. The van der Waals surface area contributed by atoms with Crippen molar-refractivity contribution < 1.29 is 10.2 Å². The van der Waals surface area contributed by atoms with E-state index >= 15 is 0 Å². The van der Waals surface area contributed by atoms with Crippen molar-refractivity contribution in [1.29, 1.82) is 0 Å². The second-order valence-electron chi connectivity index (χ2n) is 5.25.